The third kappa shape index (κ3) is 8.77. The van der Waals surface area contributed by atoms with Crippen LogP contribution >= 0.6 is 0 Å². The number of esters is 1. The van der Waals surface area contributed by atoms with Crippen molar-refractivity contribution in [1.82, 2.24) is 9.62 Å². The summed E-state index contributed by atoms with van der Waals surface area (Å²) >= 11 is 0. The molecule has 0 unspecified atom stereocenters. The first kappa shape index (κ1) is 25.2. The van der Waals surface area contributed by atoms with Gasteiger partial charge in [-0.2, -0.15) is 0 Å². The van der Waals surface area contributed by atoms with Gasteiger partial charge in [0.2, 0.25) is 5.91 Å². The molecule has 0 saturated heterocycles. The van der Waals surface area contributed by atoms with E-state index in [2.05, 4.69) is 15.0 Å². The van der Waals surface area contributed by atoms with Crippen LogP contribution in [0.15, 0.2) is 34.2 Å². The number of carbonyl (C=O) groups is 2. The van der Waals surface area contributed by atoms with Crippen LogP contribution < -0.4 is 10.0 Å². The van der Waals surface area contributed by atoms with Crippen molar-refractivity contribution in [3.05, 3.63) is 24.3 Å². The lowest BCUT2D eigenvalue weighted by molar-refractivity contribution is -0.143. The molecule has 3 rings (SSSR count). The highest BCUT2D eigenvalue weighted by Gasteiger charge is 2.26. The first-order valence-corrected chi connectivity index (χ1v) is 13.2. The van der Waals surface area contributed by atoms with Crippen LogP contribution in [0.4, 0.5) is 5.69 Å². The van der Waals surface area contributed by atoms with Gasteiger partial charge in [-0.3, -0.25) is 24.2 Å². The lowest BCUT2D eigenvalue weighted by Crippen LogP contribution is -2.36. The lowest BCUT2D eigenvalue weighted by Gasteiger charge is -2.21. The van der Waals surface area contributed by atoms with E-state index in [1.807, 2.05) is 4.90 Å². The highest BCUT2D eigenvalue weighted by atomic mass is 32.2. The SMILES string of the molecule is CCOC(=O)CCN(CC(=O)Nc1cccc(S(=O)(=O)NC2=NCCCCC2)c1)CC1CC1. The largest absolute Gasteiger partial charge is 0.466 e. The maximum Gasteiger partial charge on any atom is 0.307 e. The number of nitrogens with one attached hydrogen (secondary N) is 2. The number of amides is 1. The minimum atomic E-state index is -3.78. The maximum absolute atomic E-state index is 12.8. The Morgan fingerprint density at radius 2 is 2.03 bits per heavy atom. The summed E-state index contributed by atoms with van der Waals surface area (Å²) in [6.45, 7) is 4.06. The molecule has 1 amide bonds. The fourth-order valence-electron chi connectivity index (χ4n) is 3.70. The van der Waals surface area contributed by atoms with Crippen molar-refractivity contribution in [2.75, 3.05) is 38.1 Å². The van der Waals surface area contributed by atoms with Crippen LogP contribution in [0.2, 0.25) is 0 Å². The molecule has 0 radical (unpaired) electrons. The molecule has 0 atom stereocenters. The number of anilines is 1. The van der Waals surface area contributed by atoms with Crippen molar-refractivity contribution in [3.63, 3.8) is 0 Å². The molecule has 1 fully saturated rings. The molecule has 1 aliphatic carbocycles. The maximum atomic E-state index is 12.8. The van der Waals surface area contributed by atoms with Gasteiger partial charge in [-0.15, -0.1) is 0 Å². The number of carbonyl (C=O) groups excluding carboxylic acids is 2. The summed E-state index contributed by atoms with van der Waals surface area (Å²) in [6, 6.07) is 6.20. The van der Waals surface area contributed by atoms with Gasteiger partial charge in [0.15, 0.2) is 0 Å². The Bertz CT molecular complexity index is 959. The minimum absolute atomic E-state index is 0.0735. The van der Waals surface area contributed by atoms with Gasteiger partial charge in [0.25, 0.3) is 10.0 Å². The van der Waals surface area contributed by atoms with Gasteiger partial charge in [0.1, 0.15) is 5.84 Å². The van der Waals surface area contributed by atoms with E-state index in [0.717, 1.165) is 38.6 Å². The minimum Gasteiger partial charge on any atom is -0.466 e. The van der Waals surface area contributed by atoms with Gasteiger partial charge in [-0.05, 0) is 56.7 Å². The molecule has 33 heavy (non-hydrogen) atoms. The number of aliphatic imine (C=N–C) groups is 1. The van der Waals surface area contributed by atoms with Crippen LogP contribution in [0.1, 0.15) is 51.9 Å². The van der Waals surface area contributed by atoms with Crippen molar-refractivity contribution in [3.8, 4) is 0 Å². The van der Waals surface area contributed by atoms with Crippen LogP contribution in [0, 0.1) is 5.92 Å². The Kier molecular flexibility index (Phi) is 9.25. The zero-order valence-electron chi connectivity index (χ0n) is 19.2. The van der Waals surface area contributed by atoms with E-state index in [0.29, 0.717) is 43.6 Å². The van der Waals surface area contributed by atoms with E-state index >= 15 is 0 Å². The molecule has 0 aromatic heterocycles. The van der Waals surface area contributed by atoms with Crippen LogP contribution in [-0.2, 0) is 24.3 Å². The predicted octanol–water partition coefficient (Wildman–Crippen LogP) is 2.54. The molecule has 9 nitrogen and oxygen atoms in total. The lowest BCUT2D eigenvalue weighted by atomic mass is 10.2. The monoisotopic (exact) mass is 478 g/mol. The summed E-state index contributed by atoms with van der Waals surface area (Å²) in [4.78, 5) is 30.7. The number of rotatable bonds is 11. The number of hydrogen-bond donors (Lipinski definition) is 2. The van der Waals surface area contributed by atoms with Crippen LogP contribution in [0.5, 0.6) is 0 Å². The van der Waals surface area contributed by atoms with E-state index in [1.54, 1.807) is 19.1 Å². The molecule has 2 aliphatic rings. The van der Waals surface area contributed by atoms with Gasteiger partial charge in [0.05, 0.1) is 24.5 Å². The molecule has 10 heteroatoms. The van der Waals surface area contributed by atoms with E-state index in [4.69, 9.17) is 4.74 Å². The molecule has 2 N–H and O–H groups in total. The molecule has 0 spiro atoms. The van der Waals surface area contributed by atoms with Crippen molar-refractivity contribution >= 4 is 33.4 Å². The smallest absolute Gasteiger partial charge is 0.307 e. The average molecular weight is 479 g/mol. The Balaban J connectivity index is 1.58. The van der Waals surface area contributed by atoms with E-state index < -0.39 is 10.0 Å². The summed E-state index contributed by atoms with van der Waals surface area (Å²) in [7, 11) is -3.78. The predicted molar refractivity (Wildman–Crippen MR) is 127 cm³/mol. The molecule has 1 saturated carbocycles. The standard InChI is InChI=1S/C23H34N4O5S/c1-2-32-23(29)12-14-27(16-18-10-11-18)17-22(28)25-19-7-6-8-20(15-19)33(30,31)26-21-9-4-3-5-13-24-21/h6-8,15,18H,2-5,9-14,16-17H2,1H3,(H,24,26)(H,25,28). The summed E-state index contributed by atoms with van der Waals surface area (Å²) in [5.41, 5.74) is 0.405. The Labute approximate surface area is 196 Å². The zero-order chi connectivity index (χ0) is 23.7. The molecule has 1 heterocycles. The summed E-state index contributed by atoms with van der Waals surface area (Å²) in [5, 5.41) is 2.79. The third-order valence-corrected chi connectivity index (χ3v) is 6.95. The molecule has 0 bridgehead atoms. The second kappa shape index (κ2) is 12.1. The average Bonchev–Trinajstić information content (AvgIpc) is 3.60. The zero-order valence-corrected chi connectivity index (χ0v) is 20.0. The molecule has 1 aliphatic heterocycles. The van der Waals surface area contributed by atoms with E-state index in [9.17, 15) is 18.0 Å². The van der Waals surface area contributed by atoms with E-state index in [1.165, 1.54) is 12.1 Å². The summed E-state index contributed by atoms with van der Waals surface area (Å²) in [6.07, 6.45) is 6.02. The van der Waals surface area contributed by atoms with Gasteiger partial charge in [0, 0.05) is 31.7 Å². The fourth-order valence-corrected chi connectivity index (χ4v) is 4.83. The highest BCUT2D eigenvalue weighted by molar-refractivity contribution is 7.90. The normalized spacial score (nSPS) is 16.6. The first-order chi connectivity index (χ1) is 15.9. The number of nitrogens with zero attached hydrogens (tertiary/aromatic N) is 2. The van der Waals surface area contributed by atoms with Crippen molar-refractivity contribution in [1.29, 1.82) is 0 Å². The Hall–Kier alpha value is -2.46. The topological polar surface area (TPSA) is 117 Å². The second-order valence-electron chi connectivity index (χ2n) is 8.55. The van der Waals surface area contributed by atoms with E-state index in [-0.39, 0.29) is 29.7 Å². The quantitative estimate of drug-likeness (QED) is 0.472. The number of sulfonamides is 1. The summed E-state index contributed by atoms with van der Waals surface area (Å²) < 4.78 is 33.2. The first-order valence-electron chi connectivity index (χ1n) is 11.7. The fraction of sp³-hybridized carbons (Fsp3) is 0.609. The van der Waals surface area contributed by atoms with Crippen molar-refractivity contribution in [2.45, 2.75) is 56.8 Å². The number of amidine groups is 1. The molecule has 1 aromatic rings. The van der Waals surface area contributed by atoms with Gasteiger partial charge in [-0.1, -0.05) is 12.5 Å². The Morgan fingerprint density at radius 3 is 2.79 bits per heavy atom. The molecular formula is C23H34N4O5S. The molecular weight excluding hydrogens is 444 g/mol. The second-order valence-corrected chi connectivity index (χ2v) is 10.2. The summed E-state index contributed by atoms with van der Waals surface area (Å²) in [5.74, 6) is 0.517. The van der Waals surface area contributed by atoms with Crippen molar-refractivity contribution in [2.24, 2.45) is 10.9 Å². The van der Waals surface area contributed by atoms with Crippen LogP contribution in [0.3, 0.4) is 0 Å². The number of hydrogen-bond acceptors (Lipinski definition) is 7. The van der Waals surface area contributed by atoms with Gasteiger partial charge >= 0.3 is 5.97 Å². The number of ether oxygens (including phenoxy) is 1. The molecule has 1 aromatic carbocycles. The number of benzene rings is 1. The Morgan fingerprint density at radius 1 is 1.21 bits per heavy atom. The molecule has 182 valence electrons. The van der Waals surface area contributed by atoms with Gasteiger partial charge < -0.3 is 10.1 Å². The van der Waals surface area contributed by atoms with Crippen molar-refractivity contribution < 1.29 is 22.7 Å². The third-order valence-electron chi connectivity index (χ3n) is 5.57. The van der Waals surface area contributed by atoms with Crippen LogP contribution in [0.25, 0.3) is 0 Å². The van der Waals surface area contributed by atoms with Gasteiger partial charge in [-0.25, -0.2) is 8.42 Å². The highest BCUT2D eigenvalue weighted by Crippen LogP contribution is 2.29. The van der Waals surface area contributed by atoms with Crippen LogP contribution in [-0.4, -0.2) is 63.8 Å².